The first-order valence-electron chi connectivity index (χ1n) is 9.64. The Hall–Kier alpha value is -3.12. The van der Waals surface area contributed by atoms with Crippen molar-refractivity contribution in [2.75, 3.05) is 24.5 Å². The van der Waals surface area contributed by atoms with E-state index < -0.39 is 39.5 Å². The lowest BCUT2D eigenvalue weighted by Crippen LogP contribution is -2.47. The maximum absolute atomic E-state index is 12.3. The standard InChI is InChI=1S/C20H21F3N4O4S/c21-20(22,23)13-24-32(30,31)16-8-3-6-15(11-16)19(29)26-25-18(28)12-27-10-4-7-14-5-1-2-9-17(14)27/h1-3,5-6,8-9,11,24H,4,7,10,12-13H2,(H,25,28)(H,26,29). The SMILES string of the molecule is O=C(CN1CCCc2ccccc21)NNC(=O)c1cccc(S(=O)(=O)NCC(F)(F)F)c1. The van der Waals surface area contributed by atoms with E-state index in [1.807, 2.05) is 29.2 Å². The molecule has 12 heteroatoms. The molecule has 3 N–H and O–H groups in total. The fourth-order valence-corrected chi connectivity index (χ4v) is 4.31. The molecule has 2 amide bonds. The minimum atomic E-state index is -4.72. The molecule has 2 aromatic carbocycles. The van der Waals surface area contributed by atoms with Crippen molar-refractivity contribution in [2.24, 2.45) is 0 Å². The van der Waals surface area contributed by atoms with E-state index in [1.54, 1.807) is 0 Å². The summed E-state index contributed by atoms with van der Waals surface area (Å²) in [7, 11) is -4.47. The molecule has 0 unspecified atom stereocenters. The number of fused-ring (bicyclic) bond motifs is 1. The molecule has 2 aromatic rings. The fraction of sp³-hybridized carbons (Fsp3) is 0.300. The minimum Gasteiger partial charge on any atom is -0.362 e. The van der Waals surface area contributed by atoms with Crippen molar-refractivity contribution < 1.29 is 31.2 Å². The number of nitrogens with one attached hydrogen (secondary N) is 3. The zero-order chi connectivity index (χ0) is 23.4. The van der Waals surface area contributed by atoms with Crippen molar-refractivity contribution in [3.63, 3.8) is 0 Å². The summed E-state index contributed by atoms with van der Waals surface area (Å²) in [4.78, 5) is 26.0. The number of hydrogen-bond donors (Lipinski definition) is 3. The van der Waals surface area contributed by atoms with Gasteiger partial charge in [0.05, 0.1) is 11.4 Å². The quantitative estimate of drug-likeness (QED) is 0.558. The highest BCUT2D eigenvalue weighted by Gasteiger charge is 2.30. The van der Waals surface area contributed by atoms with Crippen LogP contribution in [-0.4, -0.2) is 46.0 Å². The number of nitrogens with zero attached hydrogens (tertiary/aromatic N) is 1. The number of carbonyl (C=O) groups excluding carboxylic acids is 2. The molecule has 3 rings (SSSR count). The third kappa shape index (κ3) is 6.20. The van der Waals surface area contributed by atoms with Gasteiger partial charge < -0.3 is 4.90 Å². The first-order chi connectivity index (χ1) is 15.0. The van der Waals surface area contributed by atoms with Crippen LogP contribution in [0.4, 0.5) is 18.9 Å². The Labute approximate surface area is 182 Å². The first kappa shape index (κ1) is 23.5. The van der Waals surface area contributed by atoms with Gasteiger partial charge in [-0.3, -0.25) is 20.4 Å². The number of alkyl halides is 3. The van der Waals surface area contributed by atoms with E-state index in [0.29, 0.717) is 6.54 Å². The number of halogens is 3. The van der Waals surface area contributed by atoms with Crippen LogP contribution in [0.15, 0.2) is 53.4 Å². The van der Waals surface area contributed by atoms with Gasteiger partial charge in [0, 0.05) is 17.8 Å². The Bertz CT molecular complexity index is 1110. The molecule has 0 bridgehead atoms. The van der Waals surface area contributed by atoms with Crippen LogP contribution in [0.1, 0.15) is 22.3 Å². The highest BCUT2D eigenvalue weighted by Crippen LogP contribution is 2.26. The normalized spacial score (nSPS) is 13.9. The topological polar surface area (TPSA) is 108 Å². The smallest absolute Gasteiger partial charge is 0.362 e. The molecule has 1 aliphatic rings. The van der Waals surface area contributed by atoms with Crippen LogP contribution < -0.4 is 20.5 Å². The Balaban J connectivity index is 1.59. The number of hydrogen-bond acceptors (Lipinski definition) is 5. The van der Waals surface area contributed by atoms with Crippen LogP contribution in [0.2, 0.25) is 0 Å². The van der Waals surface area contributed by atoms with Crippen molar-refractivity contribution >= 4 is 27.5 Å². The van der Waals surface area contributed by atoms with Crippen LogP contribution in [0.3, 0.4) is 0 Å². The number of carbonyl (C=O) groups is 2. The number of para-hydroxylation sites is 1. The van der Waals surface area contributed by atoms with E-state index in [9.17, 15) is 31.2 Å². The average molecular weight is 470 g/mol. The summed E-state index contributed by atoms with van der Waals surface area (Å²) in [6.45, 7) is -1.04. The van der Waals surface area contributed by atoms with Gasteiger partial charge in [-0.15, -0.1) is 0 Å². The summed E-state index contributed by atoms with van der Waals surface area (Å²) >= 11 is 0. The molecule has 0 aliphatic carbocycles. The molecule has 0 atom stereocenters. The minimum absolute atomic E-state index is 0.00702. The van der Waals surface area contributed by atoms with E-state index in [-0.39, 0.29) is 12.1 Å². The van der Waals surface area contributed by atoms with E-state index in [1.165, 1.54) is 16.9 Å². The second kappa shape index (κ2) is 9.57. The van der Waals surface area contributed by atoms with E-state index in [4.69, 9.17) is 0 Å². The third-order valence-corrected chi connectivity index (χ3v) is 6.12. The number of anilines is 1. The Morgan fingerprint density at radius 3 is 2.53 bits per heavy atom. The zero-order valence-corrected chi connectivity index (χ0v) is 17.6. The van der Waals surface area contributed by atoms with Crippen molar-refractivity contribution in [1.29, 1.82) is 0 Å². The van der Waals surface area contributed by atoms with Crippen LogP contribution in [0, 0.1) is 0 Å². The summed E-state index contributed by atoms with van der Waals surface area (Å²) in [6.07, 6.45) is -2.91. The summed E-state index contributed by atoms with van der Waals surface area (Å²) in [5, 5.41) is 0. The van der Waals surface area contributed by atoms with E-state index in [2.05, 4.69) is 10.9 Å². The molecule has 1 heterocycles. The molecule has 0 spiro atoms. The lowest BCUT2D eigenvalue weighted by atomic mass is 10.0. The number of amides is 2. The molecule has 0 fully saturated rings. The van der Waals surface area contributed by atoms with Crippen molar-refractivity contribution in [3.05, 3.63) is 59.7 Å². The highest BCUT2D eigenvalue weighted by atomic mass is 32.2. The van der Waals surface area contributed by atoms with Gasteiger partial charge in [-0.2, -0.15) is 13.2 Å². The Kier molecular flexibility index (Phi) is 7.04. The average Bonchev–Trinajstić information content (AvgIpc) is 2.76. The monoisotopic (exact) mass is 470 g/mol. The van der Waals surface area contributed by atoms with Crippen molar-refractivity contribution in [3.8, 4) is 0 Å². The molecular formula is C20H21F3N4O4S. The second-order valence-corrected chi connectivity index (χ2v) is 8.89. The van der Waals surface area contributed by atoms with Gasteiger partial charge in [0.2, 0.25) is 10.0 Å². The number of sulfonamides is 1. The highest BCUT2D eigenvalue weighted by molar-refractivity contribution is 7.89. The number of benzene rings is 2. The number of hydrazine groups is 1. The largest absolute Gasteiger partial charge is 0.402 e. The summed E-state index contributed by atoms with van der Waals surface area (Å²) in [5.74, 6) is -1.30. The van der Waals surface area contributed by atoms with Crippen LogP contribution in [-0.2, 0) is 21.2 Å². The van der Waals surface area contributed by atoms with Crippen LogP contribution in [0.5, 0.6) is 0 Å². The lowest BCUT2D eigenvalue weighted by Gasteiger charge is -2.30. The molecule has 0 aromatic heterocycles. The molecule has 0 saturated carbocycles. The first-order valence-corrected chi connectivity index (χ1v) is 11.1. The van der Waals surface area contributed by atoms with Gasteiger partial charge in [0.25, 0.3) is 11.8 Å². The predicted octanol–water partition coefficient (Wildman–Crippen LogP) is 1.74. The molecule has 172 valence electrons. The third-order valence-electron chi connectivity index (χ3n) is 4.73. The Morgan fingerprint density at radius 2 is 1.78 bits per heavy atom. The summed E-state index contributed by atoms with van der Waals surface area (Å²) in [5.41, 5.74) is 6.39. The van der Waals surface area contributed by atoms with Crippen molar-refractivity contribution in [1.82, 2.24) is 15.6 Å². The summed E-state index contributed by atoms with van der Waals surface area (Å²) in [6, 6.07) is 12.2. The molecule has 0 radical (unpaired) electrons. The maximum atomic E-state index is 12.3. The fourth-order valence-electron chi connectivity index (χ4n) is 3.25. The predicted molar refractivity (Wildman–Crippen MR) is 110 cm³/mol. The number of rotatable bonds is 6. The lowest BCUT2D eigenvalue weighted by molar-refractivity contribution is -0.121. The molecular weight excluding hydrogens is 449 g/mol. The Morgan fingerprint density at radius 1 is 1.03 bits per heavy atom. The molecule has 0 saturated heterocycles. The van der Waals surface area contributed by atoms with Gasteiger partial charge in [0.15, 0.2) is 0 Å². The van der Waals surface area contributed by atoms with Gasteiger partial charge in [-0.1, -0.05) is 24.3 Å². The maximum Gasteiger partial charge on any atom is 0.402 e. The van der Waals surface area contributed by atoms with Crippen LogP contribution >= 0.6 is 0 Å². The zero-order valence-electron chi connectivity index (χ0n) is 16.8. The van der Waals surface area contributed by atoms with E-state index in [0.717, 1.165) is 36.2 Å². The van der Waals surface area contributed by atoms with Crippen LogP contribution in [0.25, 0.3) is 0 Å². The molecule has 1 aliphatic heterocycles. The molecule has 32 heavy (non-hydrogen) atoms. The van der Waals surface area contributed by atoms with Gasteiger partial charge in [0.1, 0.15) is 6.54 Å². The molecule has 8 nitrogen and oxygen atoms in total. The van der Waals surface area contributed by atoms with E-state index >= 15 is 0 Å². The van der Waals surface area contributed by atoms with Gasteiger partial charge in [-0.25, -0.2) is 13.1 Å². The van der Waals surface area contributed by atoms with Gasteiger partial charge in [-0.05, 0) is 42.7 Å². The summed E-state index contributed by atoms with van der Waals surface area (Å²) < 4.78 is 62.4. The van der Waals surface area contributed by atoms with Crippen molar-refractivity contribution in [2.45, 2.75) is 23.9 Å². The van der Waals surface area contributed by atoms with Gasteiger partial charge >= 0.3 is 6.18 Å². The number of aryl methyl sites for hydroxylation is 1. The second-order valence-electron chi connectivity index (χ2n) is 7.12.